The van der Waals surface area contributed by atoms with E-state index in [-0.39, 0.29) is 12.7 Å². The number of hydrogen-bond donors (Lipinski definition) is 2. The number of hydrogen-bond acceptors (Lipinski definition) is 5. The Morgan fingerprint density at radius 1 is 1.47 bits per heavy atom. The van der Waals surface area contributed by atoms with Crippen LogP contribution in [0.15, 0.2) is 18.3 Å². The van der Waals surface area contributed by atoms with Crippen molar-refractivity contribution in [2.75, 3.05) is 31.2 Å². The zero-order chi connectivity index (χ0) is 13.7. The molecule has 1 aromatic heterocycles. The fourth-order valence-electron chi connectivity index (χ4n) is 2.45. The summed E-state index contributed by atoms with van der Waals surface area (Å²) >= 11 is 0. The smallest absolute Gasteiger partial charge is 0.134 e. The number of anilines is 1. The van der Waals surface area contributed by atoms with E-state index in [1.807, 2.05) is 12.1 Å². The average Bonchev–Trinajstić information content (AvgIpc) is 2.45. The van der Waals surface area contributed by atoms with Gasteiger partial charge in [0.15, 0.2) is 0 Å². The van der Waals surface area contributed by atoms with Crippen LogP contribution in [0.3, 0.4) is 0 Å². The SMILES string of the molecule is CC(O)c1cccnc1N1CCC(OCCO)CC1. The lowest BCUT2D eigenvalue weighted by Gasteiger charge is -2.34. The molecule has 1 saturated heterocycles. The molecule has 2 N–H and O–H groups in total. The number of nitrogens with zero attached hydrogens (tertiary/aromatic N) is 2. The lowest BCUT2D eigenvalue weighted by Crippen LogP contribution is -2.38. The summed E-state index contributed by atoms with van der Waals surface area (Å²) in [6.07, 6.45) is 3.33. The standard InChI is InChI=1S/C14H22N2O3/c1-11(18)13-3-2-6-15-14(13)16-7-4-12(5-8-16)19-10-9-17/h2-3,6,11-12,17-18H,4-5,7-10H2,1H3. The van der Waals surface area contributed by atoms with E-state index in [0.29, 0.717) is 6.61 Å². The molecule has 0 saturated carbocycles. The van der Waals surface area contributed by atoms with Gasteiger partial charge in [-0.05, 0) is 25.8 Å². The van der Waals surface area contributed by atoms with Gasteiger partial charge in [-0.2, -0.15) is 0 Å². The van der Waals surface area contributed by atoms with E-state index in [0.717, 1.165) is 37.3 Å². The lowest BCUT2D eigenvalue weighted by atomic mass is 10.1. The summed E-state index contributed by atoms with van der Waals surface area (Å²) in [6.45, 7) is 3.98. The number of ether oxygens (including phenoxy) is 1. The van der Waals surface area contributed by atoms with Gasteiger partial charge in [-0.15, -0.1) is 0 Å². The number of rotatable bonds is 5. The topological polar surface area (TPSA) is 65.8 Å². The molecule has 5 nitrogen and oxygen atoms in total. The molecule has 1 aromatic rings. The van der Waals surface area contributed by atoms with Crippen molar-refractivity contribution >= 4 is 5.82 Å². The van der Waals surface area contributed by atoms with Crippen LogP contribution >= 0.6 is 0 Å². The molecule has 1 fully saturated rings. The summed E-state index contributed by atoms with van der Waals surface area (Å²) in [6, 6.07) is 3.77. The van der Waals surface area contributed by atoms with Crippen molar-refractivity contribution in [3.8, 4) is 0 Å². The lowest BCUT2D eigenvalue weighted by molar-refractivity contribution is 0.0158. The maximum atomic E-state index is 9.78. The van der Waals surface area contributed by atoms with Crippen molar-refractivity contribution in [3.63, 3.8) is 0 Å². The minimum Gasteiger partial charge on any atom is -0.394 e. The van der Waals surface area contributed by atoms with Gasteiger partial charge in [0.05, 0.1) is 25.4 Å². The first-order valence-corrected chi connectivity index (χ1v) is 6.82. The second-order valence-electron chi connectivity index (χ2n) is 4.87. The summed E-state index contributed by atoms with van der Waals surface area (Å²) in [7, 11) is 0. The van der Waals surface area contributed by atoms with Crippen LogP contribution < -0.4 is 4.90 Å². The van der Waals surface area contributed by atoms with Crippen LogP contribution in [0.4, 0.5) is 5.82 Å². The highest BCUT2D eigenvalue weighted by molar-refractivity contribution is 5.48. The minimum atomic E-state index is -0.507. The van der Waals surface area contributed by atoms with Gasteiger partial charge >= 0.3 is 0 Å². The van der Waals surface area contributed by atoms with E-state index < -0.39 is 6.10 Å². The van der Waals surface area contributed by atoms with Crippen LogP contribution in [-0.2, 0) is 4.74 Å². The summed E-state index contributed by atoms with van der Waals surface area (Å²) in [5.41, 5.74) is 0.872. The highest BCUT2D eigenvalue weighted by Gasteiger charge is 2.23. The van der Waals surface area contributed by atoms with Crippen LogP contribution in [0, 0.1) is 0 Å². The van der Waals surface area contributed by atoms with Crippen LogP contribution in [0.25, 0.3) is 0 Å². The van der Waals surface area contributed by atoms with Crippen LogP contribution in [0.2, 0.25) is 0 Å². The van der Waals surface area contributed by atoms with Crippen LogP contribution in [0.1, 0.15) is 31.4 Å². The predicted octanol–water partition coefficient (Wildman–Crippen LogP) is 1.11. The van der Waals surface area contributed by atoms with Gasteiger partial charge in [0.25, 0.3) is 0 Å². The molecule has 1 unspecified atom stereocenters. The van der Waals surface area contributed by atoms with Gasteiger partial charge < -0.3 is 19.8 Å². The predicted molar refractivity (Wildman–Crippen MR) is 73.1 cm³/mol. The molecule has 0 bridgehead atoms. The maximum absolute atomic E-state index is 9.78. The number of aliphatic hydroxyl groups is 2. The van der Waals surface area contributed by atoms with Crippen molar-refractivity contribution in [2.24, 2.45) is 0 Å². The van der Waals surface area contributed by atoms with Crippen LogP contribution in [-0.4, -0.2) is 47.6 Å². The molecule has 0 aromatic carbocycles. The van der Waals surface area contributed by atoms with Gasteiger partial charge in [-0.3, -0.25) is 0 Å². The van der Waals surface area contributed by atoms with Crippen molar-refractivity contribution in [1.29, 1.82) is 0 Å². The van der Waals surface area contributed by atoms with E-state index in [9.17, 15) is 5.11 Å². The van der Waals surface area contributed by atoms with Crippen molar-refractivity contribution in [2.45, 2.75) is 32.0 Å². The molecular weight excluding hydrogens is 244 g/mol. The van der Waals surface area contributed by atoms with Gasteiger partial charge in [0, 0.05) is 24.8 Å². The molecule has 2 heterocycles. The Kier molecular flexibility index (Phi) is 5.13. The average molecular weight is 266 g/mol. The summed E-state index contributed by atoms with van der Waals surface area (Å²) in [4.78, 5) is 6.59. The first-order chi connectivity index (χ1) is 9.22. The maximum Gasteiger partial charge on any atom is 0.134 e. The molecule has 2 rings (SSSR count). The van der Waals surface area contributed by atoms with Gasteiger partial charge in [-0.1, -0.05) is 6.07 Å². The Morgan fingerprint density at radius 2 is 2.21 bits per heavy atom. The Balaban J connectivity index is 1.98. The number of aliphatic hydroxyl groups excluding tert-OH is 2. The first-order valence-electron chi connectivity index (χ1n) is 6.82. The third-order valence-electron chi connectivity index (χ3n) is 3.45. The van der Waals surface area contributed by atoms with Crippen molar-refractivity contribution in [3.05, 3.63) is 23.9 Å². The van der Waals surface area contributed by atoms with Gasteiger partial charge in [-0.25, -0.2) is 4.98 Å². The molecule has 1 aliphatic rings. The van der Waals surface area contributed by atoms with E-state index in [1.54, 1.807) is 13.1 Å². The summed E-state index contributed by atoms with van der Waals surface area (Å²) in [5, 5.41) is 18.5. The van der Waals surface area contributed by atoms with E-state index in [2.05, 4.69) is 9.88 Å². The third-order valence-corrected chi connectivity index (χ3v) is 3.45. The normalized spacial score (nSPS) is 18.6. The molecule has 106 valence electrons. The Morgan fingerprint density at radius 3 is 2.84 bits per heavy atom. The van der Waals surface area contributed by atoms with Crippen molar-refractivity contribution < 1.29 is 14.9 Å². The minimum absolute atomic E-state index is 0.0760. The molecule has 1 atom stereocenters. The molecule has 0 radical (unpaired) electrons. The molecule has 0 spiro atoms. The summed E-state index contributed by atoms with van der Waals surface area (Å²) in [5.74, 6) is 0.873. The quantitative estimate of drug-likeness (QED) is 0.836. The third kappa shape index (κ3) is 3.65. The zero-order valence-electron chi connectivity index (χ0n) is 11.3. The first kappa shape index (κ1) is 14.2. The highest BCUT2D eigenvalue weighted by atomic mass is 16.5. The Bertz CT molecular complexity index is 390. The zero-order valence-corrected chi connectivity index (χ0v) is 11.3. The van der Waals surface area contributed by atoms with Crippen LogP contribution in [0.5, 0.6) is 0 Å². The number of pyridine rings is 1. The second kappa shape index (κ2) is 6.84. The number of aromatic nitrogens is 1. The molecule has 5 heteroatoms. The second-order valence-corrected chi connectivity index (χ2v) is 4.87. The van der Waals surface area contributed by atoms with Gasteiger partial charge in [0.1, 0.15) is 5.82 Å². The van der Waals surface area contributed by atoms with E-state index >= 15 is 0 Å². The highest BCUT2D eigenvalue weighted by Crippen LogP contribution is 2.26. The molecule has 0 aliphatic carbocycles. The van der Waals surface area contributed by atoms with E-state index in [1.165, 1.54) is 0 Å². The molecule has 19 heavy (non-hydrogen) atoms. The molecule has 1 aliphatic heterocycles. The fourth-order valence-corrected chi connectivity index (χ4v) is 2.45. The largest absolute Gasteiger partial charge is 0.394 e. The summed E-state index contributed by atoms with van der Waals surface area (Å²) < 4.78 is 5.55. The number of piperidine rings is 1. The fraction of sp³-hybridized carbons (Fsp3) is 0.643. The van der Waals surface area contributed by atoms with Gasteiger partial charge in [0.2, 0.25) is 0 Å². The Labute approximate surface area is 113 Å². The molecular formula is C14H22N2O3. The molecule has 0 amide bonds. The van der Waals surface area contributed by atoms with E-state index in [4.69, 9.17) is 9.84 Å². The monoisotopic (exact) mass is 266 g/mol. The Hall–Kier alpha value is -1.17. The van der Waals surface area contributed by atoms with Crippen molar-refractivity contribution in [1.82, 2.24) is 4.98 Å².